The van der Waals surface area contributed by atoms with E-state index in [0.29, 0.717) is 0 Å². The summed E-state index contributed by atoms with van der Waals surface area (Å²) in [6, 6.07) is 0. The quantitative estimate of drug-likeness (QED) is 0.202. The SMILES string of the molecule is CCCCCCCCCCC=C(O[Si](C)(C)C)O[Si](C)(C)C. The van der Waals surface area contributed by atoms with Crippen molar-refractivity contribution in [1.82, 2.24) is 0 Å². The molecule has 0 radical (unpaired) electrons. The zero-order valence-corrected chi connectivity index (χ0v) is 18.3. The van der Waals surface area contributed by atoms with Gasteiger partial charge >= 0.3 is 0 Å². The fraction of sp³-hybridized carbons (Fsp3) is 0.889. The second-order valence-corrected chi connectivity index (χ2v) is 17.1. The van der Waals surface area contributed by atoms with Gasteiger partial charge in [-0.1, -0.05) is 51.9 Å². The molecule has 0 aromatic heterocycles. The van der Waals surface area contributed by atoms with Crippen molar-refractivity contribution >= 4 is 16.6 Å². The van der Waals surface area contributed by atoms with Crippen LogP contribution >= 0.6 is 0 Å². The Kier molecular flexibility index (Phi) is 11.2. The Labute approximate surface area is 141 Å². The van der Waals surface area contributed by atoms with Crippen molar-refractivity contribution in [2.75, 3.05) is 0 Å². The monoisotopic (exact) mass is 344 g/mol. The highest BCUT2D eigenvalue weighted by Crippen LogP contribution is 2.18. The predicted octanol–water partition coefficient (Wildman–Crippen LogP) is 7.06. The lowest BCUT2D eigenvalue weighted by molar-refractivity contribution is 0.214. The maximum absolute atomic E-state index is 6.10. The minimum atomic E-state index is -1.59. The van der Waals surface area contributed by atoms with Crippen LogP contribution in [-0.2, 0) is 8.85 Å². The molecule has 0 atom stereocenters. The maximum atomic E-state index is 6.10. The van der Waals surface area contributed by atoms with Crippen molar-refractivity contribution in [3.05, 3.63) is 12.0 Å². The van der Waals surface area contributed by atoms with Crippen LogP contribution in [0.1, 0.15) is 64.7 Å². The first kappa shape index (κ1) is 21.8. The third-order valence-electron chi connectivity index (χ3n) is 3.18. The summed E-state index contributed by atoms with van der Waals surface area (Å²) in [7, 11) is -3.17. The first-order chi connectivity index (χ1) is 10.1. The minimum Gasteiger partial charge on any atom is -0.521 e. The van der Waals surface area contributed by atoms with E-state index in [1.807, 2.05) is 0 Å². The number of hydrogen-bond acceptors (Lipinski definition) is 2. The molecule has 0 aliphatic carbocycles. The lowest BCUT2D eigenvalue weighted by Gasteiger charge is -2.27. The molecule has 22 heavy (non-hydrogen) atoms. The van der Waals surface area contributed by atoms with Crippen LogP contribution in [0.3, 0.4) is 0 Å². The molecule has 0 bridgehead atoms. The van der Waals surface area contributed by atoms with E-state index in [2.05, 4.69) is 52.3 Å². The molecule has 0 saturated heterocycles. The molecule has 0 amide bonds. The van der Waals surface area contributed by atoms with Crippen molar-refractivity contribution in [3.8, 4) is 0 Å². The van der Waals surface area contributed by atoms with Gasteiger partial charge < -0.3 is 8.85 Å². The van der Waals surface area contributed by atoms with Crippen LogP contribution in [0.25, 0.3) is 0 Å². The standard InChI is InChI=1S/C18H40O2Si2/c1-8-9-10-11-12-13-14-15-16-17-18(19-21(2,3)4)20-22(5,6)7/h17H,8-16H2,1-7H3. The highest BCUT2D eigenvalue weighted by atomic mass is 28.4. The third-order valence-corrected chi connectivity index (χ3v) is 4.81. The van der Waals surface area contributed by atoms with Crippen molar-refractivity contribution in [3.63, 3.8) is 0 Å². The van der Waals surface area contributed by atoms with Gasteiger partial charge in [0.1, 0.15) is 0 Å². The maximum Gasteiger partial charge on any atom is 0.247 e. The summed E-state index contributed by atoms with van der Waals surface area (Å²) in [5.41, 5.74) is 0. The summed E-state index contributed by atoms with van der Waals surface area (Å²) in [6.07, 6.45) is 14.2. The first-order valence-corrected chi connectivity index (χ1v) is 16.0. The van der Waals surface area contributed by atoms with E-state index in [9.17, 15) is 0 Å². The van der Waals surface area contributed by atoms with Gasteiger partial charge in [0.05, 0.1) is 0 Å². The van der Waals surface area contributed by atoms with Crippen LogP contribution < -0.4 is 0 Å². The van der Waals surface area contributed by atoms with Crippen LogP contribution in [0.2, 0.25) is 39.3 Å². The van der Waals surface area contributed by atoms with Gasteiger partial charge in [0.25, 0.3) is 0 Å². The Morgan fingerprint density at radius 2 is 1.09 bits per heavy atom. The zero-order chi connectivity index (χ0) is 17.1. The predicted molar refractivity (Wildman–Crippen MR) is 104 cm³/mol. The van der Waals surface area contributed by atoms with E-state index in [1.165, 1.54) is 51.4 Å². The topological polar surface area (TPSA) is 18.5 Å². The van der Waals surface area contributed by atoms with Crippen molar-refractivity contribution in [2.45, 2.75) is 104 Å². The van der Waals surface area contributed by atoms with Crippen LogP contribution in [0.5, 0.6) is 0 Å². The normalized spacial score (nSPS) is 12.1. The highest BCUT2D eigenvalue weighted by Gasteiger charge is 2.23. The number of unbranched alkanes of at least 4 members (excludes halogenated alkanes) is 8. The smallest absolute Gasteiger partial charge is 0.247 e. The van der Waals surface area contributed by atoms with Crippen LogP contribution in [0.15, 0.2) is 12.0 Å². The van der Waals surface area contributed by atoms with Gasteiger partial charge in [0.2, 0.25) is 22.6 Å². The molecule has 0 N–H and O–H groups in total. The number of hydrogen-bond donors (Lipinski definition) is 0. The van der Waals surface area contributed by atoms with Gasteiger partial charge in [0.15, 0.2) is 0 Å². The highest BCUT2D eigenvalue weighted by molar-refractivity contribution is 6.71. The molecule has 0 rings (SSSR count). The zero-order valence-electron chi connectivity index (χ0n) is 16.3. The van der Waals surface area contributed by atoms with Crippen molar-refractivity contribution in [2.24, 2.45) is 0 Å². The second kappa shape index (κ2) is 11.3. The van der Waals surface area contributed by atoms with Gasteiger partial charge in [-0.25, -0.2) is 0 Å². The van der Waals surface area contributed by atoms with Crippen LogP contribution in [0, 0.1) is 0 Å². The van der Waals surface area contributed by atoms with Crippen LogP contribution in [0.4, 0.5) is 0 Å². The second-order valence-electron chi connectivity index (χ2n) is 8.22. The summed E-state index contributed by atoms with van der Waals surface area (Å²) >= 11 is 0. The number of rotatable bonds is 13. The molecular weight excluding hydrogens is 304 g/mol. The molecule has 0 unspecified atom stereocenters. The lowest BCUT2D eigenvalue weighted by Crippen LogP contribution is -2.31. The minimum absolute atomic E-state index is 0.807. The fourth-order valence-electron chi connectivity index (χ4n) is 2.21. The van der Waals surface area contributed by atoms with E-state index in [-0.39, 0.29) is 0 Å². The molecule has 0 aliphatic rings. The molecule has 0 aliphatic heterocycles. The first-order valence-electron chi connectivity index (χ1n) is 9.22. The molecule has 0 aromatic rings. The molecule has 132 valence electrons. The van der Waals surface area contributed by atoms with Gasteiger partial charge in [0, 0.05) is 0 Å². The largest absolute Gasteiger partial charge is 0.521 e. The Hall–Kier alpha value is -0.226. The summed E-state index contributed by atoms with van der Waals surface area (Å²) in [6.45, 7) is 15.6. The summed E-state index contributed by atoms with van der Waals surface area (Å²) in [4.78, 5) is 0. The average molecular weight is 345 g/mol. The Morgan fingerprint density at radius 1 is 0.682 bits per heavy atom. The molecule has 4 heteroatoms. The summed E-state index contributed by atoms with van der Waals surface area (Å²) in [5.74, 6) is 0.807. The Bertz CT molecular complexity index is 283. The van der Waals surface area contributed by atoms with E-state index < -0.39 is 16.6 Å². The summed E-state index contributed by atoms with van der Waals surface area (Å²) < 4.78 is 12.2. The van der Waals surface area contributed by atoms with E-state index in [0.717, 1.165) is 12.4 Å². The molecular formula is C18H40O2Si2. The Morgan fingerprint density at radius 3 is 1.50 bits per heavy atom. The van der Waals surface area contributed by atoms with E-state index in [1.54, 1.807) is 0 Å². The molecule has 0 spiro atoms. The molecule has 0 saturated carbocycles. The number of allylic oxidation sites excluding steroid dienone is 1. The average Bonchev–Trinajstić information content (AvgIpc) is 2.32. The van der Waals surface area contributed by atoms with Gasteiger partial charge in [-0.15, -0.1) is 0 Å². The Balaban J connectivity index is 3.99. The van der Waals surface area contributed by atoms with Crippen molar-refractivity contribution in [1.29, 1.82) is 0 Å². The van der Waals surface area contributed by atoms with Gasteiger partial charge in [-0.3, -0.25) is 0 Å². The molecule has 0 fully saturated rings. The molecule has 2 nitrogen and oxygen atoms in total. The van der Waals surface area contributed by atoms with Gasteiger partial charge in [-0.05, 0) is 58.2 Å². The van der Waals surface area contributed by atoms with E-state index in [4.69, 9.17) is 8.85 Å². The summed E-state index contributed by atoms with van der Waals surface area (Å²) in [5, 5.41) is 0. The fourth-order valence-corrected chi connectivity index (χ4v) is 3.75. The molecule has 0 heterocycles. The van der Waals surface area contributed by atoms with E-state index >= 15 is 0 Å². The lowest BCUT2D eigenvalue weighted by atomic mass is 10.1. The molecule has 0 aromatic carbocycles. The van der Waals surface area contributed by atoms with Crippen molar-refractivity contribution < 1.29 is 8.85 Å². The van der Waals surface area contributed by atoms with Crippen LogP contribution in [-0.4, -0.2) is 16.6 Å². The van der Waals surface area contributed by atoms with Gasteiger partial charge in [-0.2, -0.15) is 0 Å². The third kappa shape index (κ3) is 16.1.